The standard InChI is InChI=1S/C3H3NO3.C2H6/c5-2-1-7-3(6)4-2;1-2/h1H2,(H,4,5,6);1-2H3. The number of ether oxygens (including phenoxy) is 1. The largest absolute Gasteiger partial charge is 0.439 e. The third-order valence-corrected chi connectivity index (χ3v) is 0.576. The first-order valence-corrected chi connectivity index (χ1v) is 2.75. The Morgan fingerprint density at radius 1 is 1.44 bits per heavy atom. The van der Waals surface area contributed by atoms with Crippen LogP contribution in [0.1, 0.15) is 13.8 Å². The molecule has 0 bridgehead atoms. The maximum Gasteiger partial charge on any atom is 0.414 e. The summed E-state index contributed by atoms with van der Waals surface area (Å²) in [4.78, 5) is 19.9. The summed E-state index contributed by atoms with van der Waals surface area (Å²) in [6.45, 7) is 3.87. The van der Waals surface area contributed by atoms with Gasteiger partial charge in [-0.05, 0) is 0 Å². The molecule has 0 aromatic carbocycles. The molecule has 0 aromatic heterocycles. The Bertz CT molecular complexity index is 107. The summed E-state index contributed by atoms with van der Waals surface area (Å²) >= 11 is 0. The van der Waals surface area contributed by atoms with Crippen molar-refractivity contribution in [3.63, 3.8) is 0 Å². The van der Waals surface area contributed by atoms with Crippen molar-refractivity contribution in [1.29, 1.82) is 0 Å². The Balaban J connectivity index is 0.000000291. The molecule has 1 fully saturated rings. The van der Waals surface area contributed by atoms with Gasteiger partial charge in [0.1, 0.15) is 0 Å². The van der Waals surface area contributed by atoms with Gasteiger partial charge < -0.3 is 4.74 Å². The van der Waals surface area contributed by atoms with Gasteiger partial charge in [0.25, 0.3) is 5.91 Å². The second kappa shape index (κ2) is 3.88. The summed E-state index contributed by atoms with van der Waals surface area (Å²) in [6, 6.07) is 0. The van der Waals surface area contributed by atoms with Crippen molar-refractivity contribution in [3.05, 3.63) is 0 Å². The molecule has 0 atom stereocenters. The molecule has 0 spiro atoms. The van der Waals surface area contributed by atoms with Gasteiger partial charge in [-0.2, -0.15) is 0 Å². The van der Waals surface area contributed by atoms with Crippen molar-refractivity contribution >= 4 is 12.0 Å². The van der Waals surface area contributed by atoms with Crippen LogP contribution >= 0.6 is 0 Å². The average Bonchev–Trinajstić information content (AvgIpc) is 2.20. The van der Waals surface area contributed by atoms with Crippen molar-refractivity contribution in [3.8, 4) is 0 Å². The maximum atomic E-state index is 10.00. The van der Waals surface area contributed by atoms with Crippen LogP contribution in [0.2, 0.25) is 0 Å². The lowest BCUT2D eigenvalue weighted by molar-refractivity contribution is -0.119. The van der Waals surface area contributed by atoms with E-state index < -0.39 is 6.09 Å². The number of alkyl carbamates (subject to hydrolysis) is 1. The first-order chi connectivity index (χ1) is 4.29. The normalized spacial score (nSPS) is 15.3. The van der Waals surface area contributed by atoms with Crippen LogP contribution in [0.25, 0.3) is 0 Å². The molecule has 0 radical (unpaired) electrons. The molecule has 0 aromatic rings. The molecule has 1 N–H and O–H groups in total. The Morgan fingerprint density at radius 2 is 2.00 bits per heavy atom. The molecule has 4 nitrogen and oxygen atoms in total. The SMILES string of the molecule is CC.O=C1COC(=O)N1. The van der Waals surface area contributed by atoms with Crippen LogP contribution in [-0.2, 0) is 9.53 Å². The van der Waals surface area contributed by atoms with Crippen molar-refractivity contribution in [2.45, 2.75) is 13.8 Å². The van der Waals surface area contributed by atoms with Crippen LogP contribution in [0.4, 0.5) is 4.79 Å². The van der Waals surface area contributed by atoms with Gasteiger partial charge in [0, 0.05) is 0 Å². The second-order valence-electron chi connectivity index (χ2n) is 1.12. The second-order valence-corrected chi connectivity index (χ2v) is 1.12. The predicted octanol–water partition coefficient (Wildman–Crippen LogP) is 0.279. The minimum Gasteiger partial charge on any atom is -0.439 e. The van der Waals surface area contributed by atoms with Crippen LogP contribution in [-0.4, -0.2) is 18.6 Å². The highest BCUT2D eigenvalue weighted by Gasteiger charge is 2.17. The lowest BCUT2D eigenvalue weighted by Crippen LogP contribution is -2.18. The van der Waals surface area contributed by atoms with Crippen LogP contribution in [0.3, 0.4) is 0 Å². The summed E-state index contributed by atoms with van der Waals surface area (Å²) in [6.07, 6.45) is -0.648. The molecule has 0 aliphatic carbocycles. The fraction of sp³-hybridized carbons (Fsp3) is 0.600. The lowest BCUT2D eigenvalue weighted by atomic mass is 10.7. The zero-order chi connectivity index (χ0) is 7.28. The van der Waals surface area contributed by atoms with Crippen LogP contribution < -0.4 is 5.32 Å². The topological polar surface area (TPSA) is 55.4 Å². The van der Waals surface area contributed by atoms with Gasteiger partial charge in [-0.25, -0.2) is 4.79 Å². The van der Waals surface area contributed by atoms with Crippen LogP contribution in [0.5, 0.6) is 0 Å². The highest BCUT2D eigenvalue weighted by Crippen LogP contribution is 1.85. The minimum absolute atomic E-state index is 0.126. The third kappa shape index (κ3) is 2.69. The lowest BCUT2D eigenvalue weighted by Gasteiger charge is -1.78. The number of amides is 2. The molecular formula is C5H9NO3. The van der Waals surface area contributed by atoms with E-state index in [4.69, 9.17) is 0 Å². The smallest absolute Gasteiger partial charge is 0.414 e. The van der Waals surface area contributed by atoms with Crippen molar-refractivity contribution < 1.29 is 14.3 Å². The maximum absolute atomic E-state index is 10.00. The molecule has 1 aliphatic heterocycles. The number of hydrogen-bond acceptors (Lipinski definition) is 3. The Kier molecular flexibility index (Phi) is 3.43. The summed E-state index contributed by atoms with van der Waals surface area (Å²) in [5.41, 5.74) is 0. The first-order valence-electron chi connectivity index (χ1n) is 2.75. The van der Waals surface area contributed by atoms with Gasteiger partial charge in [0.2, 0.25) is 0 Å². The van der Waals surface area contributed by atoms with Gasteiger partial charge >= 0.3 is 6.09 Å². The van der Waals surface area contributed by atoms with Gasteiger partial charge in [-0.1, -0.05) is 13.8 Å². The minimum atomic E-state index is -0.648. The van der Waals surface area contributed by atoms with Gasteiger partial charge in [0.15, 0.2) is 6.61 Å². The Morgan fingerprint density at radius 3 is 2.11 bits per heavy atom. The molecule has 9 heavy (non-hydrogen) atoms. The molecular weight excluding hydrogens is 122 g/mol. The van der Waals surface area contributed by atoms with E-state index >= 15 is 0 Å². The van der Waals surface area contributed by atoms with Gasteiger partial charge in [0.05, 0.1) is 0 Å². The fourth-order valence-corrected chi connectivity index (χ4v) is 0.317. The fourth-order valence-electron chi connectivity index (χ4n) is 0.317. The van der Waals surface area contributed by atoms with E-state index in [0.717, 1.165) is 0 Å². The molecule has 1 aliphatic rings. The monoisotopic (exact) mass is 131 g/mol. The molecule has 2 amide bonds. The Labute approximate surface area is 53.2 Å². The number of imide groups is 1. The number of nitrogens with one attached hydrogen (secondary N) is 1. The molecule has 1 saturated heterocycles. The Hall–Kier alpha value is -1.06. The summed E-state index contributed by atoms with van der Waals surface area (Å²) < 4.78 is 4.17. The zero-order valence-electron chi connectivity index (χ0n) is 5.43. The van der Waals surface area contributed by atoms with E-state index in [1.165, 1.54) is 0 Å². The van der Waals surface area contributed by atoms with E-state index in [-0.39, 0.29) is 12.5 Å². The van der Waals surface area contributed by atoms with Crippen molar-refractivity contribution in [2.75, 3.05) is 6.61 Å². The molecule has 1 rings (SSSR count). The van der Waals surface area contributed by atoms with Crippen LogP contribution in [0, 0.1) is 0 Å². The van der Waals surface area contributed by atoms with Crippen LogP contribution in [0.15, 0.2) is 0 Å². The van der Waals surface area contributed by atoms with Crippen molar-refractivity contribution in [2.24, 2.45) is 0 Å². The molecule has 4 heteroatoms. The third-order valence-electron chi connectivity index (χ3n) is 0.576. The number of carbonyl (C=O) groups excluding carboxylic acids is 2. The summed E-state index contributed by atoms with van der Waals surface area (Å²) in [7, 11) is 0. The number of carbonyl (C=O) groups is 2. The van der Waals surface area contributed by atoms with E-state index in [0.29, 0.717) is 0 Å². The number of hydrogen-bond donors (Lipinski definition) is 1. The first kappa shape index (κ1) is 7.94. The van der Waals surface area contributed by atoms with Gasteiger partial charge in [-0.15, -0.1) is 0 Å². The molecule has 0 saturated carbocycles. The highest BCUT2D eigenvalue weighted by atomic mass is 16.6. The molecule has 0 unspecified atom stereocenters. The quantitative estimate of drug-likeness (QED) is 0.513. The van der Waals surface area contributed by atoms with E-state index in [1.54, 1.807) is 0 Å². The van der Waals surface area contributed by atoms with E-state index in [2.05, 4.69) is 4.74 Å². The average molecular weight is 131 g/mol. The number of cyclic esters (lactones) is 1. The zero-order valence-corrected chi connectivity index (χ0v) is 5.43. The summed E-state index contributed by atoms with van der Waals surface area (Å²) in [5.74, 6) is -0.370. The predicted molar refractivity (Wildman–Crippen MR) is 30.8 cm³/mol. The number of rotatable bonds is 0. The molecule has 1 heterocycles. The van der Waals surface area contributed by atoms with E-state index in [1.807, 2.05) is 19.2 Å². The summed E-state index contributed by atoms with van der Waals surface area (Å²) in [5, 5.41) is 1.92. The van der Waals surface area contributed by atoms with Gasteiger partial charge in [-0.3, -0.25) is 10.1 Å². The van der Waals surface area contributed by atoms with E-state index in [9.17, 15) is 9.59 Å². The van der Waals surface area contributed by atoms with Crippen molar-refractivity contribution in [1.82, 2.24) is 5.32 Å². The molecule has 52 valence electrons. The highest BCUT2D eigenvalue weighted by molar-refractivity contribution is 5.97.